The highest BCUT2D eigenvalue weighted by atomic mass is 35.5. The van der Waals surface area contributed by atoms with Crippen molar-refractivity contribution in [2.45, 2.75) is 36.6 Å². The lowest BCUT2D eigenvalue weighted by atomic mass is 9.87. The van der Waals surface area contributed by atoms with E-state index in [1.807, 2.05) is 6.07 Å². The summed E-state index contributed by atoms with van der Waals surface area (Å²) in [6, 6.07) is 5.49. The van der Waals surface area contributed by atoms with Gasteiger partial charge in [-0.15, -0.1) is 0 Å². The maximum absolute atomic E-state index is 12.3. The lowest BCUT2D eigenvalue weighted by Gasteiger charge is -2.26. The minimum absolute atomic E-state index is 0.0196. The Morgan fingerprint density at radius 2 is 1.95 bits per heavy atom. The molecule has 0 bridgehead atoms. The number of carboxylic acid groups (broad SMARTS) is 1. The molecule has 1 saturated carbocycles. The quantitative estimate of drug-likeness (QED) is 0.871. The van der Waals surface area contributed by atoms with Crippen molar-refractivity contribution in [2.75, 3.05) is 0 Å². The Kier molecular flexibility index (Phi) is 5.06. The molecule has 0 aliphatic heterocycles. The lowest BCUT2D eigenvalue weighted by Crippen LogP contribution is -2.38. The molecule has 0 amide bonds. The number of carbonyl (C=O) groups is 1. The Morgan fingerprint density at radius 3 is 2.50 bits per heavy atom. The Bertz CT molecular complexity index is 719. The molecule has 2 N–H and O–H groups in total. The molecule has 0 radical (unpaired) electrons. The van der Waals surface area contributed by atoms with Crippen LogP contribution in [-0.4, -0.2) is 25.5 Å². The molecule has 8 heteroatoms. The molecule has 1 aromatic rings. The van der Waals surface area contributed by atoms with E-state index in [0.29, 0.717) is 25.7 Å². The van der Waals surface area contributed by atoms with Crippen LogP contribution in [0.2, 0.25) is 5.02 Å². The number of carboxylic acids is 1. The molecule has 0 saturated heterocycles. The molecule has 1 aromatic carbocycles. The normalized spacial score (nSPS) is 22.0. The van der Waals surface area contributed by atoms with E-state index in [1.165, 1.54) is 18.2 Å². The van der Waals surface area contributed by atoms with Gasteiger partial charge >= 0.3 is 5.97 Å². The molecule has 2 rings (SSSR count). The topological polar surface area (TPSA) is 107 Å². The first-order chi connectivity index (χ1) is 10.3. The Morgan fingerprint density at radius 1 is 1.32 bits per heavy atom. The monoisotopic (exact) mass is 342 g/mol. The van der Waals surface area contributed by atoms with Gasteiger partial charge in [-0.05, 0) is 43.9 Å². The Labute approximate surface area is 133 Å². The number of rotatable bonds is 4. The van der Waals surface area contributed by atoms with Crippen molar-refractivity contribution in [1.29, 1.82) is 5.26 Å². The summed E-state index contributed by atoms with van der Waals surface area (Å²) in [5.41, 5.74) is 0.0964. The molecule has 0 heterocycles. The maximum atomic E-state index is 12.3. The molecule has 6 nitrogen and oxygen atoms in total. The first kappa shape index (κ1) is 16.7. The van der Waals surface area contributed by atoms with Crippen molar-refractivity contribution in [2.24, 2.45) is 5.92 Å². The van der Waals surface area contributed by atoms with Gasteiger partial charge in [-0.1, -0.05) is 11.6 Å². The average molecular weight is 343 g/mol. The van der Waals surface area contributed by atoms with E-state index in [2.05, 4.69) is 4.72 Å². The highest BCUT2D eigenvalue weighted by molar-refractivity contribution is 7.89. The largest absolute Gasteiger partial charge is 0.481 e. The van der Waals surface area contributed by atoms with E-state index in [0.717, 1.165) is 0 Å². The molecule has 1 aliphatic rings. The smallest absolute Gasteiger partial charge is 0.306 e. The van der Waals surface area contributed by atoms with Gasteiger partial charge in [0.05, 0.1) is 21.4 Å². The van der Waals surface area contributed by atoms with Gasteiger partial charge in [0.2, 0.25) is 10.0 Å². The standard InChI is InChI=1S/C14H15ClN2O4S/c15-13-6-5-12(7-10(13)8-16)22(20,21)17-11-3-1-9(2-4-11)14(18)19/h5-7,9,11,17H,1-4H2,(H,18,19). The van der Waals surface area contributed by atoms with Crippen LogP contribution in [0.4, 0.5) is 0 Å². The maximum Gasteiger partial charge on any atom is 0.306 e. The predicted octanol–water partition coefficient (Wildman–Crippen LogP) is 2.13. The fraction of sp³-hybridized carbons (Fsp3) is 0.429. The zero-order valence-electron chi connectivity index (χ0n) is 11.6. The zero-order valence-corrected chi connectivity index (χ0v) is 13.2. The molecule has 22 heavy (non-hydrogen) atoms. The number of nitrogens with one attached hydrogen (secondary N) is 1. The van der Waals surface area contributed by atoms with E-state index in [1.54, 1.807) is 0 Å². The van der Waals surface area contributed by atoms with Gasteiger partial charge in [0.25, 0.3) is 0 Å². The van der Waals surface area contributed by atoms with Gasteiger partial charge in [0.15, 0.2) is 0 Å². The van der Waals surface area contributed by atoms with Crippen LogP contribution in [-0.2, 0) is 14.8 Å². The van der Waals surface area contributed by atoms with E-state index in [9.17, 15) is 13.2 Å². The Hall–Kier alpha value is -1.62. The van der Waals surface area contributed by atoms with Crippen LogP contribution in [0.15, 0.2) is 23.1 Å². The van der Waals surface area contributed by atoms with E-state index >= 15 is 0 Å². The van der Waals surface area contributed by atoms with E-state index < -0.39 is 21.9 Å². The summed E-state index contributed by atoms with van der Waals surface area (Å²) in [4.78, 5) is 10.9. The number of aliphatic carboxylic acids is 1. The number of halogens is 1. The molecule has 0 aromatic heterocycles. The zero-order chi connectivity index (χ0) is 16.3. The summed E-state index contributed by atoms with van der Waals surface area (Å²) < 4.78 is 27.2. The number of hydrogen-bond donors (Lipinski definition) is 2. The number of sulfonamides is 1. The summed E-state index contributed by atoms with van der Waals surface area (Å²) in [6.07, 6.45) is 1.86. The van der Waals surface area contributed by atoms with Crippen molar-refractivity contribution in [1.82, 2.24) is 4.72 Å². The molecule has 1 aliphatic carbocycles. The second kappa shape index (κ2) is 6.65. The third-order valence-electron chi connectivity index (χ3n) is 3.77. The van der Waals surface area contributed by atoms with Gasteiger partial charge in [0, 0.05) is 6.04 Å². The van der Waals surface area contributed by atoms with Crippen LogP contribution in [0.1, 0.15) is 31.2 Å². The Balaban J connectivity index is 2.09. The first-order valence-corrected chi connectivity index (χ1v) is 8.64. The average Bonchev–Trinajstić information content (AvgIpc) is 2.47. The predicted molar refractivity (Wildman–Crippen MR) is 79.9 cm³/mol. The van der Waals surface area contributed by atoms with E-state index in [4.69, 9.17) is 22.0 Å². The summed E-state index contributed by atoms with van der Waals surface area (Å²) in [5.74, 6) is -1.24. The summed E-state index contributed by atoms with van der Waals surface area (Å²) in [7, 11) is -3.75. The molecule has 0 atom stereocenters. The van der Waals surface area contributed by atoms with Gasteiger partial charge < -0.3 is 5.11 Å². The van der Waals surface area contributed by atoms with Gasteiger partial charge in [-0.2, -0.15) is 5.26 Å². The number of nitrogens with zero attached hydrogens (tertiary/aromatic N) is 1. The fourth-order valence-corrected chi connectivity index (χ4v) is 3.99. The minimum Gasteiger partial charge on any atom is -0.481 e. The SMILES string of the molecule is N#Cc1cc(S(=O)(=O)NC2CCC(C(=O)O)CC2)ccc1Cl. The lowest BCUT2D eigenvalue weighted by molar-refractivity contribution is -0.142. The van der Waals surface area contributed by atoms with Gasteiger partial charge in [-0.3, -0.25) is 4.79 Å². The molecular weight excluding hydrogens is 328 g/mol. The van der Waals surface area contributed by atoms with Crippen LogP contribution in [0.5, 0.6) is 0 Å². The third kappa shape index (κ3) is 3.77. The summed E-state index contributed by atoms with van der Waals surface area (Å²) in [5, 5.41) is 18.0. The highest BCUT2D eigenvalue weighted by Crippen LogP contribution is 2.26. The van der Waals surface area contributed by atoms with Crippen LogP contribution in [0.3, 0.4) is 0 Å². The van der Waals surface area contributed by atoms with Crippen molar-refractivity contribution in [3.8, 4) is 6.07 Å². The minimum atomic E-state index is -3.75. The molecule has 118 valence electrons. The first-order valence-electron chi connectivity index (χ1n) is 6.78. The van der Waals surface area contributed by atoms with Crippen LogP contribution in [0.25, 0.3) is 0 Å². The van der Waals surface area contributed by atoms with Crippen molar-refractivity contribution >= 4 is 27.6 Å². The van der Waals surface area contributed by atoms with Crippen LogP contribution < -0.4 is 4.72 Å². The summed E-state index contributed by atoms with van der Waals surface area (Å²) >= 11 is 5.79. The highest BCUT2D eigenvalue weighted by Gasteiger charge is 2.29. The van der Waals surface area contributed by atoms with Crippen molar-refractivity contribution in [3.63, 3.8) is 0 Å². The molecule has 1 fully saturated rings. The van der Waals surface area contributed by atoms with Gasteiger partial charge in [0.1, 0.15) is 6.07 Å². The summed E-state index contributed by atoms with van der Waals surface area (Å²) in [6.45, 7) is 0. The molecular formula is C14H15ClN2O4S. The second-order valence-corrected chi connectivity index (χ2v) is 7.38. The third-order valence-corrected chi connectivity index (χ3v) is 5.61. The van der Waals surface area contributed by atoms with Crippen molar-refractivity contribution in [3.05, 3.63) is 28.8 Å². The van der Waals surface area contributed by atoms with Crippen LogP contribution in [0, 0.1) is 17.2 Å². The molecule has 0 unspecified atom stereocenters. The second-order valence-electron chi connectivity index (χ2n) is 5.26. The van der Waals surface area contributed by atoms with E-state index in [-0.39, 0.29) is 21.5 Å². The fourth-order valence-electron chi connectivity index (χ4n) is 2.50. The molecule has 0 spiro atoms. The van der Waals surface area contributed by atoms with Crippen LogP contribution >= 0.6 is 11.6 Å². The van der Waals surface area contributed by atoms with Gasteiger partial charge in [-0.25, -0.2) is 13.1 Å². The number of hydrogen-bond acceptors (Lipinski definition) is 4. The van der Waals surface area contributed by atoms with Crippen molar-refractivity contribution < 1.29 is 18.3 Å². The number of benzene rings is 1. The number of nitriles is 1.